The van der Waals surface area contributed by atoms with Gasteiger partial charge in [0.25, 0.3) is 0 Å². The maximum atomic E-state index is 10.8. The molecule has 0 saturated heterocycles. The molecular formula is C44H72N4O7. The zero-order valence-corrected chi connectivity index (χ0v) is 35.8. The summed E-state index contributed by atoms with van der Waals surface area (Å²) in [7, 11) is 1.38. The van der Waals surface area contributed by atoms with E-state index in [2.05, 4.69) is 104 Å². The van der Waals surface area contributed by atoms with Gasteiger partial charge >= 0.3 is 12.2 Å². The van der Waals surface area contributed by atoms with Crippen molar-refractivity contribution in [3.8, 4) is 11.3 Å². The van der Waals surface area contributed by atoms with Gasteiger partial charge in [-0.25, -0.2) is 9.59 Å². The summed E-state index contributed by atoms with van der Waals surface area (Å²) in [4.78, 5) is 43.6. The first kappa shape index (κ1) is 54.6. The lowest BCUT2D eigenvalue weighted by Gasteiger charge is -2.52. The molecule has 2 aromatic carbocycles. The fourth-order valence-electron chi connectivity index (χ4n) is 5.05. The third-order valence-corrected chi connectivity index (χ3v) is 8.48. The van der Waals surface area contributed by atoms with Crippen molar-refractivity contribution in [3.05, 3.63) is 90.1 Å². The van der Waals surface area contributed by atoms with Crippen molar-refractivity contribution < 1.29 is 34.1 Å². The summed E-state index contributed by atoms with van der Waals surface area (Å²) >= 11 is 0. The van der Waals surface area contributed by atoms with Crippen molar-refractivity contribution >= 4 is 24.4 Å². The number of nitrogens with two attached hydrogens (primary N) is 1. The number of pyridine rings is 1. The number of carbonyl (C=O) groups excluding carboxylic acids is 3. The van der Waals surface area contributed by atoms with Crippen molar-refractivity contribution in [3.63, 3.8) is 0 Å². The number of methoxy groups -OCH3 is 1. The van der Waals surface area contributed by atoms with E-state index in [9.17, 15) is 19.5 Å². The van der Waals surface area contributed by atoms with Crippen LogP contribution in [0.1, 0.15) is 106 Å². The summed E-state index contributed by atoms with van der Waals surface area (Å²) in [5, 5.41) is 23.5. The molecule has 4 rings (SSSR count). The Hall–Kier alpha value is -4.77. The van der Waals surface area contributed by atoms with Crippen LogP contribution in [0.5, 0.6) is 0 Å². The van der Waals surface area contributed by atoms with E-state index in [0.29, 0.717) is 11.8 Å². The molecule has 310 valence electrons. The van der Waals surface area contributed by atoms with Crippen LogP contribution in [0.3, 0.4) is 0 Å². The standard InChI is InChI=1S/C12H11N.C11H21NO3.C8H17NO2.C7H8.C3H6O.C2H6.CH3NO/c1-10-5-7-11(8-6-10)12-4-2-3-9-13-12;1-4-8(13)5-7-6-9(11(7,2)3)12-10(14)15;1-5-7(6(2)3)9-8(10)11-4;1-7-5-3-2-4-6-7;1-3(2)4;1-2;2-1-3/h2-9H,1H3;7-9,12-13H,4-6H2,1-3H3,(H,14,15);6-7H,5H2,1-4H3,(H,9,10);2-6H,1H3;1-2H3;1-2H3;1H,(H2,2,3). The molecule has 55 heavy (non-hydrogen) atoms. The van der Waals surface area contributed by atoms with Crippen LogP contribution in [0.15, 0.2) is 79.0 Å². The van der Waals surface area contributed by atoms with E-state index in [4.69, 9.17) is 9.90 Å². The van der Waals surface area contributed by atoms with Gasteiger partial charge in [-0.2, -0.15) is 0 Å². The largest absolute Gasteiger partial charge is 0.465 e. The molecule has 0 aliphatic heterocycles. The maximum Gasteiger partial charge on any atom is 0.407 e. The molecule has 11 heteroatoms. The molecule has 1 heterocycles. The zero-order valence-electron chi connectivity index (χ0n) is 35.8. The molecule has 1 aliphatic carbocycles. The van der Waals surface area contributed by atoms with Gasteiger partial charge in [-0.1, -0.05) is 127 Å². The number of rotatable bonds is 8. The van der Waals surface area contributed by atoms with Crippen molar-refractivity contribution in [1.82, 2.24) is 15.6 Å². The Morgan fingerprint density at radius 3 is 1.76 bits per heavy atom. The number of primary amides is 1. The number of hydrogen-bond donors (Lipinski definition) is 5. The SMILES string of the molecule is CC.CC(C)=O.CCC(NC(=O)OC)C(C)C.CCC(O)CC1CC(NC(=O)O)C1(C)C.Cc1ccc(-c2ccccn2)cc1.Cc1ccccc1.NC=O. The summed E-state index contributed by atoms with van der Waals surface area (Å²) in [6.45, 7) is 23.5. The molecule has 4 atom stereocenters. The van der Waals surface area contributed by atoms with Gasteiger partial charge in [0.2, 0.25) is 6.41 Å². The van der Waals surface area contributed by atoms with Gasteiger partial charge in [0, 0.05) is 23.8 Å². The molecule has 6 N–H and O–H groups in total. The second-order valence-electron chi connectivity index (χ2n) is 13.7. The number of carboxylic acid groups (broad SMARTS) is 1. The first-order chi connectivity index (χ1) is 25.9. The van der Waals surface area contributed by atoms with Crippen LogP contribution < -0.4 is 16.4 Å². The van der Waals surface area contributed by atoms with E-state index in [1.54, 1.807) is 0 Å². The second kappa shape index (κ2) is 32.6. The molecule has 1 aromatic heterocycles. The van der Waals surface area contributed by atoms with Crippen molar-refractivity contribution in [2.45, 2.75) is 127 Å². The maximum absolute atomic E-state index is 10.8. The number of aliphatic hydroxyl groups is 1. The molecule has 4 unspecified atom stereocenters. The number of nitrogens with zero attached hydrogens (tertiary/aromatic N) is 1. The van der Waals surface area contributed by atoms with E-state index < -0.39 is 6.09 Å². The smallest absolute Gasteiger partial charge is 0.407 e. The highest BCUT2D eigenvalue weighted by molar-refractivity contribution is 5.72. The average Bonchev–Trinajstić information content (AvgIpc) is 3.15. The van der Waals surface area contributed by atoms with Crippen molar-refractivity contribution in [1.29, 1.82) is 0 Å². The van der Waals surface area contributed by atoms with Crippen LogP contribution in [0.4, 0.5) is 9.59 Å². The highest BCUT2D eigenvalue weighted by Gasteiger charge is 2.48. The molecule has 11 nitrogen and oxygen atoms in total. The Labute approximate surface area is 331 Å². The van der Waals surface area contributed by atoms with E-state index in [1.807, 2.05) is 70.3 Å². The van der Waals surface area contributed by atoms with Gasteiger partial charge in [0.05, 0.1) is 18.9 Å². The number of aliphatic hydroxyl groups excluding tert-OH is 1. The molecule has 1 saturated carbocycles. The predicted molar refractivity (Wildman–Crippen MR) is 226 cm³/mol. The number of nitrogens with one attached hydrogen (secondary N) is 2. The summed E-state index contributed by atoms with van der Waals surface area (Å²) < 4.78 is 4.48. The Balaban J connectivity index is -0.000000623. The van der Waals surface area contributed by atoms with E-state index in [1.165, 1.54) is 37.6 Å². The Bertz CT molecular complexity index is 1400. The van der Waals surface area contributed by atoms with Gasteiger partial charge in [-0.15, -0.1) is 0 Å². The molecule has 0 spiro atoms. The summed E-state index contributed by atoms with van der Waals surface area (Å²) in [5.41, 5.74) is 8.94. The number of ether oxygens (including phenoxy) is 1. The van der Waals surface area contributed by atoms with Crippen LogP contribution in [-0.2, 0) is 14.3 Å². The third kappa shape index (κ3) is 27.5. The summed E-state index contributed by atoms with van der Waals surface area (Å²) in [6, 6.07) is 24.9. The number of Topliss-reactive ketones (excluding diaryl/α,β-unsaturated/α-hetero) is 1. The highest BCUT2D eigenvalue weighted by atomic mass is 16.5. The number of hydrogen-bond acceptors (Lipinski definition) is 7. The second-order valence-corrected chi connectivity index (χ2v) is 13.7. The monoisotopic (exact) mass is 769 g/mol. The van der Waals surface area contributed by atoms with Crippen LogP contribution >= 0.6 is 0 Å². The number of alkyl carbamates (subject to hydrolysis) is 1. The minimum Gasteiger partial charge on any atom is -0.465 e. The van der Waals surface area contributed by atoms with E-state index in [-0.39, 0.29) is 41.9 Å². The van der Waals surface area contributed by atoms with Gasteiger partial charge in [-0.3, -0.25) is 9.78 Å². The van der Waals surface area contributed by atoms with Crippen LogP contribution in [0.25, 0.3) is 11.3 Å². The summed E-state index contributed by atoms with van der Waals surface area (Å²) in [5.74, 6) is 1.04. The van der Waals surface area contributed by atoms with E-state index in [0.717, 1.165) is 31.4 Å². The molecule has 1 fully saturated rings. The first-order valence-corrected chi connectivity index (χ1v) is 19.0. The number of amides is 3. The van der Waals surface area contributed by atoms with Crippen LogP contribution in [-0.4, -0.2) is 64.9 Å². The Morgan fingerprint density at radius 2 is 1.42 bits per heavy atom. The lowest BCUT2D eigenvalue weighted by molar-refractivity contribution is -0.115. The number of benzene rings is 2. The molecular weight excluding hydrogens is 697 g/mol. The third-order valence-electron chi connectivity index (χ3n) is 8.48. The molecule has 1 aliphatic rings. The van der Waals surface area contributed by atoms with E-state index >= 15 is 0 Å². The first-order valence-electron chi connectivity index (χ1n) is 19.0. The van der Waals surface area contributed by atoms with Gasteiger partial charge < -0.3 is 36.1 Å². The molecule has 0 radical (unpaired) electrons. The number of carbonyl (C=O) groups is 4. The average molecular weight is 769 g/mol. The number of aromatic nitrogens is 1. The minimum absolute atomic E-state index is 0.0315. The normalized spacial score (nSPS) is 15.1. The summed E-state index contributed by atoms with van der Waals surface area (Å²) in [6.07, 6.45) is 3.84. The lowest BCUT2D eigenvalue weighted by atomic mass is 9.57. The Kier molecular flexibility index (Phi) is 32.4. The van der Waals surface area contributed by atoms with Gasteiger partial charge in [0.1, 0.15) is 5.78 Å². The number of aryl methyl sites for hydroxylation is 2. The Morgan fingerprint density at radius 1 is 0.927 bits per heavy atom. The minimum atomic E-state index is -0.956. The quantitative estimate of drug-likeness (QED) is 0.141. The van der Waals surface area contributed by atoms with Gasteiger partial charge in [-0.05, 0) is 82.8 Å². The zero-order chi connectivity index (χ0) is 43.0. The number of ketones is 1. The van der Waals surface area contributed by atoms with Crippen LogP contribution in [0.2, 0.25) is 0 Å². The fourth-order valence-corrected chi connectivity index (χ4v) is 5.05. The molecule has 3 amide bonds. The lowest BCUT2D eigenvalue weighted by Crippen LogP contribution is -2.58. The topological polar surface area (TPSA) is 181 Å². The predicted octanol–water partition coefficient (Wildman–Crippen LogP) is 9.38. The van der Waals surface area contributed by atoms with Crippen LogP contribution in [0, 0.1) is 31.1 Å². The van der Waals surface area contributed by atoms with Crippen molar-refractivity contribution in [2.24, 2.45) is 23.0 Å². The molecule has 0 bridgehead atoms. The highest BCUT2D eigenvalue weighted by Crippen LogP contribution is 2.48. The molecule has 3 aromatic rings. The fraction of sp³-hybridized carbons (Fsp3) is 0.523. The van der Waals surface area contributed by atoms with Gasteiger partial charge in [0.15, 0.2) is 0 Å². The van der Waals surface area contributed by atoms with Crippen molar-refractivity contribution in [2.75, 3.05) is 7.11 Å².